The van der Waals surface area contributed by atoms with Gasteiger partial charge in [0.25, 0.3) is 0 Å². The number of fused-ring (bicyclic) bond motifs is 1. The number of hydrogen-bond acceptors (Lipinski definition) is 4. The van der Waals surface area contributed by atoms with E-state index in [2.05, 4.69) is 0 Å². The molecule has 1 saturated heterocycles. The highest BCUT2D eigenvalue weighted by Crippen LogP contribution is 2.36. The number of likely N-dealkylation sites (tertiary alicyclic amines) is 1. The van der Waals surface area contributed by atoms with Crippen LogP contribution >= 0.6 is 0 Å². The molecule has 2 aliphatic heterocycles. The molecule has 0 aromatic heterocycles. The van der Waals surface area contributed by atoms with Crippen LogP contribution in [0.4, 0.5) is 0 Å². The van der Waals surface area contributed by atoms with E-state index in [1.54, 1.807) is 7.11 Å². The van der Waals surface area contributed by atoms with Crippen molar-refractivity contribution < 1.29 is 24.2 Å². The van der Waals surface area contributed by atoms with Gasteiger partial charge in [-0.2, -0.15) is 0 Å². The number of carboxylic acids is 1. The Bertz CT molecular complexity index is 588. The maximum atomic E-state index is 12.9. The molecule has 0 aliphatic carbocycles. The highest BCUT2D eigenvalue weighted by Gasteiger charge is 2.43. The Morgan fingerprint density at radius 2 is 2.14 bits per heavy atom. The summed E-state index contributed by atoms with van der Waals surface area (Å²) in [5.41, 5.74) is 0.837. The smallest absolute Gasteiger partial charge is 0.326 e. The summed E-state index contributed by atoms with van der Waals surface area (Å²) in [7, 11) is 1.54. The van der Waals surface area contributed by atoms with Crippen LogP contribution in [0.25, 0.3) is 0 Å². The number of rotatable bonds is 3. The molecule has 3 atom stereocenters. The predicted octanol–water partition coefficient (Wildman–Crippen LogP) is 1.25. The molecule has 3 unspecified atom stereocenters. The van der Waals surface area contributed by atoms with Crippen LogP contribution in [0.5, 0.6) is 5.75 Å². The third-order valence-electron chi connectivity index (χ3n) is 4.42. The number of aliphatic carboxylic acids is 1. The Kier molecular flexibility index (Phi) is 4.02. The summed E-state index contributed by atoms with van der Waals surface area (Å²) in [6.45, 7) is 0.790. The molecule has 1 aromatic carbocycles. The van der Waals surface area contributed by atoms with E-state index in [9.17, 15) is 14.7 Å². The van der Waals surface area contributed by atoms with Gasteiger partial charge in [0.1, 0.15) is 11.8 Å². The lowest BCUT2D eigenvalue weighted by atomic mass is 9.91. The molecular formula is C16H19NO5. The minimum atomic E-state index is -0.978. The van der Waals surface area contributed by atoms with Crippen LogP contribution in [0.15, 0.2) is 24.3 Å². The van der Waals surface area contributed by atoms with Gasteiger partial charge in [0.2, 0.25) is 5.91 Å². The number of para-hydroxylation sites is 1. The molecule has 2 heterocycles. The predicted molar refractivity (Wildman–Crippen MR) is 77.8 cm³/mol. The molecule has 0 spiro atoms. The first-order valence-electron chi connectivity index (χ1n) is 7.39. The van der Waals surface area contributed by atoms with Gasteiger partial charge in [0.05, 0.1) is 18.6 Å². The number of amides is 1. The Balaban J connectivity index is 1.86. The van der Waals surface area contributed by atoms with Crippen LogP contribution in [0.3, 0.4) is 0 Å². The molecule has 2 aliphatic rings. The summed E-state index contributed by atoms with van der Waals surface area (Å²) in [6.07, 6.45) is 0.679. The van der Waals surface area contributed by atoms with Gasteiger partial charge in [-0.3, -0.25) is 4.79 Å². The molecular weight excluding hydrogens is 286 g/mol. The van der Waals surface area contributed by atoms with E-state index in [0.29, 0.717) is 31.7 Å². The van der Waals surface area contributed by atoms with Crippen molar-refractivity contribution in [2.45, 2.75) is 30.9 Å². The molecule has 1 aromatic rings. The van der Waals surface area contributed by atoms with Gasteiger partial charge >= 0.3 is 5.97 Å². The van der Waals surface area contributed by atoms with Crippen LogP contribution in [0.2, 0.25) is 0 Å². The van der Waals surface area contributed by atoms with Crippen LogP contribution in [-0.4, -0.2) is 54.3 Å². The second-order valence-electron chi connectivity index (χ2n) is 5.67. The molecule has 0 radical (unpaired) electrons. The molecule has 6 nitrogen and oxygen atoms in total. The topological polar surface area (TPSA) is 76.1 Å². The van der Waals surface area contributed by atoms with Crippen LogP contribution in [-0.2, 0) is 14.3 Å². The lowest BCUT2D eigenvalue weighted by molar-refractivity contribution is -0.149. The van der Waals surface area contributed by atoms with E-state index in [1.165, 1.54) is 4.90 Å². The quantitative estimate of drug-likeness (QED) is 0.909. The van der Waals surface area contributed by atoms with Crippen molar-refractivity contribution in [1.29, 1.82) is 0 Å². The summed E-state index contributed by atoms with van der Waals surface area (Å²) >= 11 is 0. The van der Waals surface area contributed by atoms with Crippen LogP contribution in [0, 0.1) is 0 Å². The summed E-state index contributed by atoms with van der Waals surface area (Å²) in [5, 5.41) is 9.37. The maximum absolute atomic E-state index is 12.9. The molecule has 1 amide bonds. The number of methoxy groups -OCH3 is 1. The minimum absolute atomic E-state index is 0.150. The van der Waals surface area contributed by atoms with Crippen molar-refractivity contribution in [2.24, 2.45) is 0 Å². The summed E-state index contributed by atoms with van der Waals surface area (Å²) in [5.74, 6) is -0.764. The van der Waals surface area contributed by atoms with Gasteiger partial charge in [0, 0.05) is 25.6 Å². The number of ether oxygens (including phenoxy) is 2. The molecule has 0 saturated carbocycles. The van der Waals surface area contributed by atoms with Crippen LogP contribution < -0.4 is 4.74 Å². The first kappa shape index (κ1) is 14.8. The Morgan fingerprint density at radius 1 is 1.36 bits per heavy atom. The fourth-order valence-electron chi connectivity index (χ4n) is 3.24. The lowest BCUT2D eigenvalue weighted by Gasteiger charge is -2.30. The third-order valence-corrected chi connectivity index (χ3v) is 4.42. The first-order valence-corrected chi connectivity index (χ1v) is 7.39. The summed E-state index contributed by atoms with van der Waals surface area (Å²) in [6, 6.07) is 6.63. The number of carbonyl (C=O) groups excluding carboxylic acids is 1. The van der Waals surface area contributed by atoms with E-state index in [4.69, 9.17) is 9.47 Å². The number of hydrogen-bond donors (Lipinski definition) is 1. The number of benzene rings is 1. The summed E-state index contributed by atoms with van der Waals surface area (Å²) in [4.78, 5) is 25.8. The van der Waals surface area contributed by atoms with E-state index >= 15 is 0 Å². The SMILES string of the molecule is COC1CC(C(=O)O)N(C(=O)C2CCOc3ccccc32)C1. The fourth-order valence-corrected chi connectivity index (χ4v) is 3.24. The van der Waals surface area contributed by atoms with Crippen molar-refractivity contribution in [3.05, 3.63) is 29.8 Å². The largest absolute Gasteiger partial charge is 0.493 e. The van der Waals surface area contributed by atoms with Crippen LogP contribution in [0.1, 0.15) is 24.3 Å². The molecule has 6 heteroatoms. The zero-order valence-electron chi connectivity index (χ0n) is 12.4. The highest BCUT2D eigenvalue weighted by molar-refractivity contribution is 5.89. The van der Waals surface area contributed by atoms with Gasteiger partial charge in [-0.05, 0) is 12.5 Å². The Labute approximate surface area is 128 Å². The molecule has 22 heavy (non-hydrogen) atoms. The molecule has 0 bridgehead atoms. The molecule has 1 fully saturated rings. The second-order valence-corrected chi connectivity index (χ2v) is 5.67. The lowest BCUT2D eigenvalue weighted by Crippen LogP contribution is -2.44. The number of carboxylic acid groups (broad SMARTS) is 1. The molecule has 1 N–H and O–H groups in total. The zero-order valence-corrected chi connectivity index (χ0v) is 12.4. The van der Waals surface area contributed by atoms with Crippen molar-refractivity contribution in [1.82, 2.24) is 4.90 Å². The fraction of sp³-hybridized carbons (Fsp3) is 0.500. The zero-order chi connectivity index (χ0) is 15.7. The van der Waals surface area contributed by atoms with Gasteiger partial charge in [-0.1, -0.05) is 18.2 Å². The first-order chi connectivity index (χ1) is 10.6. The van der Waals surface area contributed by atoms with Gasteiger partial charge in [0.15, 0.2) is 0 Å². The van der Waals surface area contributed by atoms with Crippen molar-refractivity contribution in [3.63, 3.8) is 0 Å². The number of nitrogens with zero attached hydrogens (tertiary/aromatic N) is 1. The average molecular weight is 305 g/mol. The molecule has 118 valence electrons. The maximum Gasteiger partial charge on any atom is 0.326 e. The van der Waals surface area contributed by atoms with E-state index < -0.39 is 12.0 Å². The normalized spacial score (nSPS) is 27.1. The standard InChI is InChI=1S/C16H19NO5/c1-21-10-8-13(16(19)20)17(9-10)15(18)12-6-7-22-14-5-3-2-4-11(12)14/h2-5,10,12-13H,6-9H2,1H3,(H,19,20). The minimum Gasteiger partial charge on any atom is -0.493 e. The average Bonchev–Trinajstić information content (AvgIpc) is 2.98. The monoisotopic (exact) mass is 305 g/mol. The highest BCUT2D eigenvalue weighted by atomic mass is 16.5. The Hall–Kier alpha value is -2.08. The van der Waals surface area contributed by atoms with Gasteiger partial charge in [-0.15, -0.1) is 0 Å². The van der Waals surface area contributed by atoms with E-state index in [-0.39, 0.29) is 17.9 Å². The van der Waals surface area contributed by atoms with Gasteiger partial charge < -0.3 is 19.5 Å². The van der Waals surface area contributed by atoms with E-state index in [1.807, 2.05) is 24.3 Å². The number of carbonyl (C=O) groups is 2. The van der Waals surface area contributed by atoms with Gasteiger partial charge in [-0.25, -0.2) is 4.79 Å². The van der Waals surface area contributed by atoms with Crippen molar-refractivity contribution in [3.8, 4) is 5.75 Å². The third kappa shape index (κ3) is 2.54. The van der Waals surface area contributed by atoms with Crippen molar-refractivity contribution >= 4 is 11.9 Å². The Morgan fingerprint density at radius 3 is 2.86 bits per heavy atom. The summed E-state index contributed by atoms with van der Waals surface area (Å²) < 4.78 is 10.8. The second kappa shape index (κ2) is 5.96. The molecule has 3 rings (SSSR count). The van der Waals surface area contributed by atoms with E-state index in [0.717, 1.165) is 5.56 Å². The van der Waals surface area contributed by atoms with Crippen molar-refractivity contribution in [2.75, 3.05) is 20.3 Å².